The normalized spacial score (nSPS) is 17.7. The van der Waals surface area contributed by atoms with E-state index in [2.05, 4.69) is 26.2 Å². The van der Waals surface area contributed by atoms with Crippen LogP contribution in [0.25, 0.3) is 0 Å². The van der Waals surface area contributed by atoms with E-state index in [0.29, 0.717) is 6.42 Å². The molecule has 1 aromatic carbocycles. The first kappa shape index (κ1) is 16.8. The van der Waals surface area contributed by atoms with Gasteiger partial charge in [-0.25, -0.2) is 4.98 Å². The van der Waals surface area contributed by atoms with Crippen molar-refractivity contribution in [2.45, 2.75) is 23.2 Å². The number of carbonyl (C=O) groups excluding carboxylic acids is 1. The van der Waals surface area contributed by atoms with Crippen molar-refractivity contribution in [1.82, 2.24) is 9.88 Å². The fraction of sp³-hybridized carbons (Fsp3) is 0.375. The van der Waals surface area contributed by atoms with Crippen LogP contribution >= 0.6 is 39.0 Å². The van der Waals surface area contributed by atoms with E-state index in [-0.39, 0.29) is 11.9 Å². The lowest BCUT2D eigenvalue weighted by atomic mass is 10.2. The summed E-state index contributed by atoms with van der Waals surface area (Å²) in [5, 5.41) is 5.42. The van der Waals surface area contributed by atoms with Crippen LogP contribution in [0.15, 0.2) is 44.7 Å². The Bertz CT molecular complexity index is 633. The second-order valence-corrected chi connectivity index (χ2v) is 8.47. The monoisotopic (exact) mass is 411 g/mol. The molecule has 2 aromatic rings. The van der Waals surface area contributed by atoms with Gasteiger partial charge in [-0.05, 0) is 30.7 Å². The molecule has 2 heterocycles. The zero-order valence-corrected chi connectivity index (χ0v) is 15.8. The summed E-state index contributed by atoms with van der Waals surface area (Å²) < 4.78 is 2.14. The highest BCUT2D eigenvalue weighted by Gasteiger charge is 2.30. The Balaban J connectivity index is 1.49. The fourth-order valence-corrected chi connectivity index (χ4v) is 4.54. The maximum atomic E-state index is 12.1. The first-order valence-corrected chi connectivity index (χ1v) is 10.2. The minimum Gasteiger partial charge on any atom is -0.383 e. The second-order valence-electron chi connectivity index (χ2n) is 5.31. The van der Waals surface area contributed by atoms with Crippen LogP contribution in [0.5, 0.6) is 0 Å². The van der Waals surface area contributed by atoms with Crippen molar-refractivity contribution in [1.29, 1.82) is 0 Å². The molecule has 1 fully saturated rings. The molecule has 1 aliphatic rings. The van der Waals surface area contributed by atoms with E-state index in [1.807, 2.05) is 40.7 Å². The van der Waals surface area contributed by atoms with Crippen LogP contribution in [0.3, 0.4) is 0 Å². The summed E-state index contributed by atoms with van der Waals surface area (Å²) in [4.78, 5) is 18.4. The third-order valence-electron chi connectivity index (χ3n) is 3.81. The Morgan fingerprint density at radius 1 is 1.39 bits per heavy atom. The van der Waals surface area contributed by atoms with E-state index in [9.17, 15) is 4.79 Å². The fourth-order valence-electron chi connectivity index (χ4n) is 2.63. The summed E-state index contributed by atoms with van der Waals surface area (Å²) in [6.45, 7) is 1.59. The molecule has 1 amide bonds. The highest BCUT2D eigenvalue weighted by molar-refractivity contribution is 9.10. The molecule has 0 spiro atoms. The van der Waals surface area contributed by atoms with Crippen molar-refractivity contribution in [3.8, 4) is 0 Å². The van der Waals surface area contributed by atoms with Gasteiger partial charge in [-0.3, -0.25) is 4.79 Å². The van der Waals surface area contributed by atoms with E-state index < -0.39 is 0 Å². The number of amides is 1. The predicted molar refractivity (Wildman–Crippen MR) is 100 cm³/mol. The van der Waals surface area contributed by atoms with Crippen LogP contribution in [-0.4, -0.2) is 40.7 Å². The standard InChI is InChI=1S/C16H18BrN3OS2/c17-12-1-3-13(4-2-12)19-11-14-5-6-15(21)20(14)8-10-23-16-18-7-9-22-16/h1-4,7,9,14,19H,5-6,8,10-11H2/t14-/m1/s1. The van der Waals surface area contributed by atoms with Crippen molar-refractivity contribution < 1.29 is 4.79 Å². The van der Waals surface area contributed by atoms with Gasteiger partial charge in [-0.1, -0.05) is 27.7 Å². The number of aromatic nitrogens is 1. The molecule has 1 aromatic heterocycles. The van der Waals surface area contributed by atoms with E-state index in [4.69, 9.17) is 0 Å². The lowest BCUT2D eigenvalue weighted by Crippen LogP contribution is -2.39. The van der Waals surface area contributed by atoms with E-state index in [0.717, 1.165) is 39.8 Å². The number of hydrogen-bond acceptors (Lipinski definition) is 5. The molecule has 0 aliphatic carbocycles. The molecule has 122 valence electrons. The summed E-state index contributed by atoms with van der Waals surface area (Å²) in [6, 6.07) is 8.41. The van der Waals surface area contributed by atoms with Crippen molar-refractivity contribution in [3.05, 3.63) is 40.3 Å². The van der Waals surface area contributed by atoms with Gasteiger partial charge < -0.3 is 10.2 Å². The van der Waals surface area contributed by atoms with Crippen LogP contribution in [0.4, 0.5) is 5.69 Å². The molecule has 1 saturated heterocycles. The Morgan fingerprint density at radius 3 is 2.96 bits per heavy atom. The van der Waals surface area contributed by atoms with Crippen LogP contribution in [0.1, 0.15) is 12.8 Å². The number of likely N-dealkylation sites (tertiary alicyclic amines) is 1. The summed E-state index contributed by atoms with van der Waals surface area (Å²) in [7, 11) is 0. The summed E-state index contributed by atoms with van der Waals surface area (Å²) in [5.41, 5.74) is 1.09. The molecule has 23 heavy (non-hydrogen) atoms. The van der Waals surface area contributed by atoms with Crippen molar-refractivity contribution in [3.63, 3.8) is 0 Å². The number of carbonyl (C=O) groups is 1. The molecule has 0 unspecified atom stereocenters. The van der Waals surface area contributed by atoms with Gasteiger partial charge in [-0.2, -0.15) is 0 Å². The summed E-state index contributed by atoms with van der Waals surface area (Å²) >= 11 is 6.81. The molecule has 1 atom stereocenters. The highest BCUT2D eigenvalue weighted by atomic mass is 79.9. The third kappa shape index (κ3) is 4.71. The molecule has 3 rings (SSSR count). The molecule has 4 nitrogen and oxygen atoms in total. The van der Waals surface area contributed by atoms with Crippen molar-refractivity contribution in [2.75, 3.05) is 24.2 Å². The molecule has 1 aliphatic heterocycles. The van der Waals surface area contributed by atoms with Crippen molar-refractivity contribution >= 4 is 50.6 Å². The SMILES string of the molecule is O=C1CC[C@H](CNc2ccc(Br)cc2)N1CCSc1nccs1. The summed E-state index contributed by atoms with van der Waals surface area (Å²) in [6.07, 6.45) is 3.41. The van der Waals surface area contributed by atoms with Crippen molar-refractivity contribution in [2.24, 2.45) is 0 Å². The van der Waals surface area contributed by atoms with Gasteiger partial charge in [0.15, 0.2) is 0 Å². The van der Waals surface area contributed by atoms with Gasteiger partial charge >= 0.3 is 0 Å². The van der Waals surface area contributed by atoms with Crippen LogP contribution in [0, 0.1) is 0 Å². The van der Waals surface area contributed by atoms with Gasteiger partial charge in [0, 0.05) is 53.0 Å². The average Bonchev–Trinajstić information content (AvgIpc) is 3.18. The first-order valence-electron chi connectivity index (χ1n) is 7.53. The molecule has 0 radical (unpaired) electrons. The quantitative estimate of drug-likeness (QED) is 0.696. The number of nitrogens with zero attached hydrogens (tertiary/aromatic N) is 2. The molecule has 1 N–H and O–H groups in total. The highest BCUT2D eigenvalue weighted by Crippen LogP contribution is 2.24. The zero-order chi connectivity index (χ0) is 16.1. The maximum Gasteiger partial charge on any atom is 0.222 e. The minimum atomic E-state index is 0.271. The van der Waals surface area contributed by atoms with Crippen LogP contribution in [0.2, 0.25) is 0 Å². The molecular weight excluding hydrogens is 394 g/mol. The maximum absolute atomic E-state index is 12.1. The van der Waals surface area contributed by atoms with Crippen LogP contribution < -0.4 is 5.32 Å². The Labute approximate surface area is 152 Å². The molecular formula is C16H18BrN3OS2. The largest absolute Gasteiger partial charge is 0.383 e. The Hall–Kier alpha value is -1.05. The third-order valence-corrected chi connectivity index (χ3v) is 6.28. The molecule has 0 saturated carbocycles. The van der Waals surface area contributed by atoms with Crippen LogP contribution in [-0.2, 0) is 4.79 Å². The second kappa shape index (κ2) is 8.17. The van der Waals surface area contributed by atoms with Gasteiger partial charge in [0.2, 0.25) is 5.91 Å². The topological polar surface area (TPSA) is 45.2 Å². The van der Waals surface area contributed by atoms with Gasteiger partial charge in [0.05, 0.1) is 0 Å². The number of hydrogen-bond donors (Lipinski definition) is 1. The lowest BCUT2D eigenvalue weighted by molar-refractivity contribution is -0.128. The summed E-state index contributed by atoms with van der Waals surface area (Å²) in [5.74, 6) is 1.17. The number of halogens is 1. The minimum absolute atomic E-state index is 0.271. The number of anilines is 1. The number of thiazole rings is 1. The Kier molecular flexibility index (Phi) is 5.96. The first-order chi connectivity index (χ1) is 11.2. The smallest absolute Gasteiger partial charge is 0.222 e. The van der Waals surface area contributed by atoms with E-state index >= 15 is 0 Å². The molecule has 0 bridgehead atoms. The Morgan fingerprint density at radius 2 is 2.22 bits per heavy atom. The predicted octanol–water partition coefficient (Wildman–Crippen LogP) is 4.10. The lowest BCUT2D eigenvalue weighted by Gasteiger charge is -2.25. The molecule has 7 heteroatoms. The number of thioether (sulfide) groups is 1. The average molecular weight is 412 g/mol. The number of nitrogens with one attached hydrogen (secondary N) is 1. The zero-order valence-electron chi connectivity index (χ0n) is 12.6. The van der Waals surface area contributed by atoms with Gasteiger partial charge in [0.1, 0.15) is 4.34 Å². The van der Waals surface area contributed by atoms with Gasteiger partial charge in [-0.15, -0.1) is 11.3 Å². The van der Waals surface area contributed by atoms with Gasteiger partial charge in [0.25, 0.3) is 0 Å². The van der Waals surface area contributed by atoms with E-state index in [1.54, 1.807) is 23.1 Å². The van der Waals surface area contributed by atoms with E-state index in [1.165, 1.54) is 0 Å². The number of benzene rings is 1. The number of rotatable bonds is 7.